The quantitative estimate of drug-likeness (QED) is 0.645. The molecule has 1 fully saturated rings. The Labute approximate surface area is 162 Å². The molecule has 0 radical (unpaired) electrons. The van der Waals surface area contributed by atoms with Crippen molar-refractivity contribution in [2.75, 3.05) is 13.1 Å². The summed E-state index contributed by atoms with van der Waals surface area (Å²) in [5, 5.41) is 1.04. The topological polar surface area (TPSA) is 104 Å². The highest BCUT2D eigenvalue weighted by molar-refractivity contribution is 5.91. The average molecular weight is 380 g/mol. The first-order chi connectivity index (χ1) is 13.4. The summed E-state index contributed by atoms with van der Waals surface area (Å²) in [6.07, 6.45) is 0.475. The van der Waals surface area contributed by atoms with Gasteiger partial charge in [-0.3, -0.25) is 14.5 Å². The van der Waals surface area contributed by atoms with Gasteiger partial charge in [0.05, 0.1) is 23.5 Å². The van der Waals surface area contributed by atoms with Crippen molar-refractivity contribution in [2.24, 2.45) is 5.73 Å². The highest BCUT2D eigenvalue weighted by Crippen LogP contribution is 2.24. The molecule has 4 N–H and O–H groups in total. The summed E-state index contributed by atoms with van der Waals surface area (Å²) in [4.78, 5) is 31.7. The van der Waals surface area contributed by atoms with Crippen molar-refractivity contribution < 1.29 is 9.53 Å². The molecule has 28 heavy (non-hydrogen) atoms. The summed E-state index contributed by atoms with van der Waals surface area (Å²) < 4.78 is 5.80. The zero-order valence-corrected chi connectivity index (χ0v) is 16.0. The van der Waals surface area contributed by atoms with E-state index < -0.39 is 5.91 Å². The molecule has 3 aromatic rings. The van der Waals surface area contributed by atoms with Crippen molar-refractivity contribution in [3.63, 3.8) is 0 Å². The number of nitrogens with one attached hydrogen (secondary N) is 2. The van der Waals surface area contributed by atoms with Crippen LogP contribution in [0, 0.1) is 0 Å². The molecule has 7 heteroatoms. The largest absolute Gasteiger partial charge is 0.373 e. The van der Waals surface area contributed by atoms with Gasteiger partial charge in [0.15, 0.2) is 0 Å². The molecule has 0 aliphatic carbocycles. The fourth-order valence-electron chi connectivity index (χ4n) is 3.93. The minimum absolute atomic E-state index is 0.0983. The molecule has 1 aliphatic heterocycles. The Hall–Kier alpha value is -2.90. The van der Waals surface area contributed by atoms with Crippen LogP contribution >= 0.6 is 0 Å². The van der Waals surface area contributed by atoms with Crippen LogP contribution in [0.2, 0.25) is 0 Å². The van der Waals surface area contributed by atoms with E-state index in [2.05, 4.69) is 40.8 Å². The molecule has 4 rings (SSSR count). The molecule has 0 bridgehead atoms. The number of carbonyl (C=O) groups excluding carboxylic acids is 1. The number of hydrogen-bond donors (Lipinski definition) is 3. The van der Waals surface area contributed by atoms with Gasteiger partial charge < -0.3 is 20.4 Å². The Kier molecular flexibility index (Phi) is 4.78. The number of benzene rings is 1. The van der Waals surface area contributed by atoms with Gasteiger partial charge in [0.25, 0.3) is 11.5 Å². The number of primary amides is 1. The number of nitrogens with zero attached hydrogens (tertiary/aromatic N) is 1. The third kappa shape index (κ3) is 3.72. The van der Waals surface area contributed by atoms with E-state index in [4.69, 9.17) is 10.5 Å². The second kappa shape index (κ2) is 7.26. The maximum absolute atomic E-state index is 12.3. The van der Waals surface area contributed by atoms with E-state index in [9.17, 15) is 9.59 Å². The molecule has 2 atom stereocenters. The van der Waals surface area contributed by atoms with Crippen LogP contribution < -0.4 is 11.3 Å². The van der Waals surface area contributed by atoms with E-state index in [1.807, 2.05) is 12.1 Å². The van der Waals surface area contributed by atoms with Crippen LogP contribution in [0.1, 0.15) is 29.9 Å². The van der Waals surface area contributed by atoms with Gasteiger partial charge in [-0.05, 0) is 49.7 Å². The third-order valence-corrected chi connectivity index (χ3v) is 5.05. The summed E-state index contributed by atoms with van der Waals surface area (Å²) in [6, 6.07) is 11.4. The number of amides is 1. The Balaban J connectivity index is 1.60. The van der Waals surface area contributed by atoms with Crippen LogP contribution in [-0.4, -0.2) is 46.1 Å². The molecule has 1 aromatic carbocycles. The van der Waals surface area contributed by atoms with Crippen LogP contribution in [0.25, 0.3) is 22.2 Å². The molecule has 7 nitrogen and oxygen atoms in total. The van der Waals surface area contributed by atoms with Gasteiger partial charge in [-0.15, -0.1) is 0 Å². The SMILES string of the molecule is CC1CN(Cc2ccc3[nH]c(-c4ccc(C(N)=O)[nH]c4=O)cc3c2)CC(C)O1. The molecule has 0 spiro atoms. The number of nitrogens with two attached hydrogens (primary N) is 1. The summed E-state index contributed by atoms with van der Waals surface area (Å²) in [7, 11) is 0. The predicted molar refractivity (Wildman–Crippen MR) is 108 cm³/mol. The Morgan fingerprint density at radius 3 is 2.57 bits per heavy atom. The number of ether oxygens (including phenoxy) is 1. The lowest BCUT2D eigenvalue weighted by Gasteiger charge is -2.35. The molecule has 2 unspecified atom stereocenters. The van der Waals surface area contributed by atoms with E-state index in [-0.39, 0.29) is 23.5 Å². The molecular weight excluding hydrogens is 356 g/mol. The third-order valence-electron chi connectivity index (χ3n) is 5.05. The zero-order chi connectivity index (χ0) is 19.8. The van der Waals surface area contributed by atoms with E-state index in [0.29, 0.717) is 11.3 Å². The first-order valence-electron chi connectivity index (χ1n) is 9.42. The van der Waals surface area contributed by atoms with Crippen LogP contribution in [0.15, 0.2) is 41.2 Å². The molecule has 3 heterocycles. The van der Waals surface area contributed by atoms with Gasteiger partial charge in [0.2, 0.25) is 0 Å². The molecule has 0 saturated carbocycles. The van der Waals surface area contributed by atoms with Gasteiger partial charge in [0.1, 0.15) is 5.69 Å². The molecule has 146 valence electrons. The molecule has 1 saturated heterocycles. The number of aromatic amines is 2. The maximum Gasteiger partial charge on any atom is 0.265 e. The summed E-state index contributed by atoms with van der Waals surface area (Å²) >= 11 is 0. The van der Waals surface area contributed by atoms with E-state index in [1.54, 1.807) is 6.07 Å². The second-order valence-corrected chi connectivity index (χ2v) is 7.54. The first-order valence-corrected chi connectivity index (χ1v) is 9.42. The molecular formula is C21H24N4O3. The number of hydrogen-bond acceptors (Lipinski definition) is 4. The predicted octanol–water partition coefficient (Wildman–Crippen LogP) is 2.23. The zero-order valence-electron chi connectivity index (χ0n) is 16.0. The standard InChI is InChI=1S/C21H24N4O3/c1-12-9-25(10-13(2)28-12)11-14-3-5-17-15(7-14)8-19(23-17)16-4-6-18(20(22)26)24-21(16)27/h3-8,12-13,23H,9-11H2,1-2H3,(H2,22,26)(H,24,27). The van der Waals surface area contributed by atoms with Crippen LogP contribution in [0.4, 0.5) is 0 Å². The Morgan fingerprint density at radius 1 is 1.14 bits per heavy atom. The molecule has 1 aliphatic rings. The van der Waals surface area contributed by atoms with Crippen LogP contribution in [0.3, 0.4) is 0 Å². The molecule has 2 aromatic heterocycles. The van der Waals surface area contributed by atoms with Crippen LogP contribution in [0.5, 0.6) is 0 Å². The number of rotatable bonds is 4. The van der Waals surface area contributed by atoms with Gasteiger partial charge in [-0.2, -0.15) is 0 Å². The van der Waals surface area contributed by atoms with Crippen molar-refractivity contribution in [2.45, 2.75) is 32.6 Å². The highest BCUT2D eigenvalue weighted by Gasteiger charge is 2.22. The fraction of sp³-hybridized carbons (Fsp3) is 0.333. The lowest BCUT2D eigenvalue weighted by Crippen LogP contribution is -2.44. The minimum Gasteiger partial charge on any atom is -0.373 e. The van der Waals surface area contributed by atoms with Crippen molar-refractivity contribution in [3.05, 3.63) is 58.0 Å². The van der Waals surface area contributed by atoms with Crippen molar-refractivity contribution in [1.29, 1.82) is 0 Å². The van der Waals surface area contributed by atoms with E-state index >= 15 is 0 Å². The summed E-state index contributed by atoms with van der Waals surface area (Å²) in [5.74, 6) is -0.656. The van der Waals surface area contributed by atoms with Crippen molar-refractivity contribution in [3.8, 4) is 11.3 Å². The molecule has 1 amide bonds. The maximum atomic E-state index is 12.3. The lowest BCUT2D eigenvalue weighted by molar-refractivity contribution is -0.0704. The second-order valence-electron chi connectivity index (χ2n) is 7.54. The van der Waals surface area contributed by atoms with Gasteiger partial charge in [-0.25, -0.2) is 0 Å². The van der Waals surface area contributed by atoms with E-state index in [0.717, 1.165) is 30.5 Å². The van der Waals surface area contributed by atoms with Gasteiger partial charge in [-0.1, -0.05) is 6.07 Å². The Bertz CT molecular complexity index is 1070. The van der Waals surface area contributed by atoms with Crippen LogP contribution in [-0.2, 0) is 11.3 Å². The first kappa shape index (κ1) is 18.5. The van der Waals surface area contributed by atoms with Gasteiger partial charge >= 0.3 is 0 Å². The number of pyridine rings is 1. The number of aromatic nitrogens is 2. The van der Waals surface area contributed by atoms with Gasteiger partial charge in [0, 0.05) is 30.5 Å². The number of carbonyl (C=O) groups is 1. The number of morpholine rings is 1. The summed E-state index contributed by atoms with van der Waals surface area (Å²) in [5.41, 5.74) is 8.32. The average Bonchev–Trinajstić information content (AvgIpc) is 3.03. The normalized spacial score (nSPS) is 20.5. The van der Waals surface area contributed by atoms with Crippen molar-refractivity contribution >= 4 is 16.8 Å². The van der Waals surface area contributed by atoms with Crippen molar-refractivity contribution in [1.82, 2.24) is 14.9 Å². The fourth-order valence-corrected chi connectivity index (χ4v) is 3.93. The highest BCUT2D eigenvalue weighted by atomic mass is 16.5. The monoisotopic (exact) mass is 380 g/mol. The minimum atomic E-state index is -0.656. The van der Waals surface area contributed by atoms with E-state index in [1.165, 1.54) is 11.6 Å². The number of H-pyrrole nitrogens is 2. The number of fused-ring (bicyclic) bond motifs is 1. The lowest BCUT2D eigenvalue weighted by atomic mass is 10.1. The summed E-state index contributed by atoms with van der Waals surface area (Å²) in [6.45, 7) is 6.91. The smallest absolute Gasteiger partial charge is 0.265 e. The Morgan fingerprint density at radius 2 is 1.89 bits per heavy atom.